The number of aryl methyl sites for hydroxylation is 1. The zero-order valence-electron chi connectivity index (χ0n) is 11.6. The molecule has 0 aliphatic heterocycles. The summed E-state index contributed by atoms with van der Waals surface area (Å²) < 4.78 is 6.83. The Morgan fingerprint density at radius 1 is 1.19 bits per heavy atom. The summed E-state index contributed by atoms with van der Waals surface area (Å²) in [5.74, 6) is 0.333. The van der Waals surface area contributed by atoms with E-state index in [1.165, 1.54) is 0 Å². The summed E-state index contributed by atoms with van der Waals surface area (Å²) in [6.45, 7) is -0.269. The van der Waals surface area contributed by atoms with Crippen LogP contribution in [0.25, 0.3) is 0 Å². The van der Waals surface area contributed by atoms with E-state index in [9.17, 15) is 9.59 Å². The SMILES string of the molecule is Cn1ccc(NC(=O)CNC(=O)COc2ccccc2)n1. The smallest absolute Gasteiger partial charge is 0.258 e. The van der Waals surface area contributed by atoms with Gasteiger partial charge in [-0.2, -0.15) is 5.10 Å². The lowest BCUT2D eigenvalue weighted by atomic mass is 10.3. The summed E-state index contributed by atoms with van der Waals surface area (Å²) in [4.78, 5) is 23.1. The second kappa shape index (κ2) is 7.09. The van der Waals surface area contributed by atoms with Crippen molar-refractivity contribution < 1.29 is 14.3 Å². The fourth-order valence-electron chi connectivity index (χ4n) is 1.56. The highest BCUT2D eigenvalue weighted by Gasteiger charge is 2.07. The molecule has 0 atom stereocenters. The van der Waals surface area contributed by atoms with Gasteiger partial charge >= 0.3 is 0 Å². The van der Waals surface area contributed by atoms with E-state index in [1.54, 1.807) is 36.1 Å². The highest BCUT2D eigenvalue weighted by molar-refractivity contribution is 5.93. The molecule has 2 amide bonds. The summed E-state index contributed by atoms with van der Waals surface area (Å²) in [7, 11) is 1.75. The number of ether oxygens (including phenoxy) is 1. The van der Waals surface area contributed by atoms with Crippen LogP contribution in [0.4, 0.5) is 5.82 Å². The number of nitrogens with zero attached hydrogens (tertiary/aromatic N) is 2. The lowest BCUT2D eigenvalue weighted by molar-refractivity contribution is -0.125. The third kappa shape index (κ3) is 4.98. The first kappa shape index (κ1) is 14.6. The van der Waals surface area contributed by atoms with Crippen molar-refractivity contribution in [3.05, 3.63) is 42.6 Å². The summed E-state index contributed by atoms with van der Waals surface area (Å²) in [5, 5.41) is 9.04. The Balaban J connectivity index is 1.67. The first-order valence-corrected chi connectivity index (χ1v) is 6.37. The van der Waals surface area contributed by atoms with Crippen LogP contribution in [0.1, 0.15) is 0 Å². The van der Waals surface area contributed by atoms with Crippen molar-refractivity contribution in [3.63, 3.8) is 0 Å². The maximum atomic E-state index is 11.6. The number of carbonyl (C=O) groups is 2. The highest BCUT2D eigenvalue weighted by Crippen LogP contribution is 2.07. The van der Waals surface area contributed by atoms with Crippen molar-refractivity contribution in [2.45, 2.75) is 0 Å². The number of amides is 2. The van der Waals surface area contributed by atoms with Gasteiger partial charge in [-0.3, -0.25) is 14.3 Å². The number of benzene rings is 1. The number of rotatable bonds is 6. The molecule has 0 aliphatic rings. The Morgan fingerprint density at radius 3 is 2.62 bits per heavy atom. The predicted molar refractivity (Wildman–Crippen MR) is 76.8 cm³/mol. The van der Waals surface area contributed by atoms with Gasteiger partial charge in [0.1, 0.15) is 5.75 Å². The zero-order valence-corrected chi connectivity index (χ0v) is 11.6. The number of nitrogens with one attached hydrogen (secondary N) is 2. The Hall–Kier alpha value is -2.83. The van der Waals surface area contributed by atoms with Gasteiger partial charge in [0, 0.05) is 19.3 Å². The van der Waals surface area contributed by atoms with Gasteiger partial charge in [-0.15, -0.1) is 0 Å². The molecule has 21 heavy (non-hydrogen) atoms. The minimum absolute atomic E-state index is 0.131. The van der Waals surface area contributed by atoms with Crippen molar-refractivity contribution in [1.82, 2.24) is 15.1 Å². The summed E-state index contributed by atoms with van der Waals surface area (Å²) in [6.07, 6.45) is 1.71. The molecule has 2 aromatic rings. The summed E-state index contributed by atoms with van der Waals surface area (Å²) >= 11 is 0. The van der Waals surface area contributed by atoms with E-state index in [2.05, 4.69) is 15.7 Å². The first-order chi connectivity index (χ1) is 10.1. The van der Waals surface area contributed by atoms with Crippen LogP contribution in [0.2, 0.25) is 0 Å². The monoisotopic (exact) mass is 288 g/mol. The molecule has 2 rings (SSSR count). The predicted octanol–water partition coefficient (Wildman–Crippen LogP) is 0.554. The van der Waals surface area contributed by atoms with E-state index in [-0.39, 0.29) is 25.0 Å². The largest absolute Gasteiger partial charge is 0.484 e. The Labute approximate surface area is 121 Å². The van der Waals surface area contributed by atoms with Gasteiger partial charge in [0.15, 0.2) is 12.4 Å². The van der Waals surface area contributed by atoms with Crippen LogP contribution in [0.3, 0.4) is 0 Å². The van der Waals surface area contributed by atoms with Crippen LogP contribution in [0.15, 0.2) is 42.6 Å². The average Bonchev–Trinajstić information content (AvgIpc) is 2.89. The Morgan fingerprint density at radius 2 is 1.95 bits per heavy atom. The van der Waals surface area contributed by atoms with Crippen LogP contribution in [0.5, 0.6) is 5.75 Å². The molecule has 7 nitrogen and oxygen atoms in total. The van der Waals surface area contributed by atoms with E-state index in [4.69, 9.17) is 4.74 Å². The van der Waals surface area contributed by atoms with Gasteiger partial charge in [-0.1, -0.05) is 18.2 Å². The molecule has 0 unspecified atom stereocenters. The van der Waals surface area contributed by atoms with Crippen molar-refractivity contribution >= 4 is 17.6 Å². The normalized spacial score (nSPS) is 9.95. The molecule has 1 heterocycles. The van der Waals surface area contributed by atoms with Gasteiger partial charge in [-0.25, -0.2) is 0 Å². The number of hydrogen-bond acceptors (Lipinski definition) is 4. The minimum atomic E-state index is -0.366. The molecule has 0 radical (unpaired) electrons. The van der Waals surface area contributed by atoms with Crippen molar-refractivity contribution in [1.29, 1.82) is 0 Å². The fraction of sp³-hybridized carbons (Fsp3) is 0.214. The molecule has 7 heteroatoms. The first-order valence-electron chi connectivity index (χ1n) is 6.37. The van der Waals surface area contributed by atoms with Gasteiger partial charge in [0.05, 0.1) is 6.54 Å². The summed E-state index contributed by atoms with van der Waals surface area (Å²) in [6, 6.07) is 10.6. The van der Waals surface area contributed by atoms with Crippen LogP contribution in [-0.4, -0.2) is 34.7 Å². The summed E-state index contributed by atoms with van der Waals surface area (Å²) in [5.41, 5.74) is 0. The lowest BCUT2D eigenvalue weighted by Gasteiger charge is -2.07. The van der Waals surface area contributed by atoms with E-state index < -0.39 is 0 Å². The quantitative estimate of drug-likeness (QED) is 0.813. The topological polar surface area (TPSA) is 85.2 Å². The maximum absolute atomic E-state index is 11.6. The molecular formula is C14H16N4O3. The van der Waals surface area contributed by atoms with Crippen molar-refractivity contribution in [2.75, 3.05) is 18.5 Å². The zero-order chi connectivity index (χ0) is 15.1. The molecule has 0 spiro atoms. The molecule has 0 aliphatic carbocycles. The average molecular weight is 288 g/mol. The molecule has 0 bridgehead atoms. The molecule has 0 fully saturated rings. The van der Waals surface area contributed by atoms with Gasteiger partial charge in [-0.05, 0) is 12.1 Å². The number of anilines is 1. The number of para-hydroxylation sites is 1. The van der Waals surface area contributed by atoms with Crippen LogP contribution in [-0.2, 0) is 16.6 Å². The van der Waals surface area contributed by atoms with E-state index in [0.29, 0.717) is 11.6 Å². The van der Waals surface area contributed by atoms with Crippen LogP contribution in [0, 0.1) is 0 Å². The molecule has 0 saturated heterocycles. The standard InChI is InChI=1S/C14H16N4O3/c1-18-8-7-12(17-18)16-13(19)9-15-14(20)10-21-11-5-3-2-4-6-11/h2-8H,9-10H2,1H3,(H,15,20)(H,16,17,19). The van der Waals surface area contributed by atoms with Crippen LogP contribution >= 0.6 is 0 Å². The molecule has 1 aromatic carbocycles. The third-order valence-electron chi connectivity index (χ3n) is 2.54. The number of carbonyl (C=O) groups excluding carboxylic acids is 2. The Bertz CT molecular complexity index is 610. The fourth-order valence-corrected chi connectivity index (χ4v) is 1.56. The Kier molecular flexibility index (Phi) is 4.92. The molecule has 110 valence electrons. The van der Waals surface area contributed by atoms with Gasteiger partial charge in [0.25, 0.3) is 5.91 Å². The highest BCUT2D eigenvalue weighted by atomic mass is 16.5. The van der Waals surface area contributed by atoms with E-state index in [1.807, 2.05) is 18.2 Å². The number of hydrogen-bond donors (Lipinski definition) is 2. The van der Waals surface area contributed by atoms with Crippen LogP contribution < -0.4 is 15.4 Å². The second-order valence-electron chi connectivity index (χ2n) is 4.30. The minimum Gasteiger partial charge on any atom is -0.484 e. The number of aromatic nitrogens is 2. The lowest BCUT2D eigenvalue weighted by Crippen LogP contribution is -2.35. The maximum Gasteiger partial charge on any atom is 0.258 e. The van der Waals surface area contributed by atoms with E-state index in [0.717, 1.165) is 0 Å². The molecule has 1 aromatic heterocycles. The third-order valence-corrected chi connectivity index (χ3v) is 2.54. The molecule has 2 N–H and O–H groups in total. The van der Waals surface area contributed by atoms with Crippen molar-refractivity contribution in [3.8, 4) is 5.75 Å². The van der Waals surface area contributed by atoms with Gasteiger partial charge in [0.2, 0.25) is 5.91 Å². The van der Waals surface area contributed by atoms with E-state index >= 15 is 0 Å². The second-order valence-corrected chi connectivity index (χ2v) is 4.30. The molecule has 0 saturated carbocycles. The molecular weight excluding hydrogens is 272 g/mol. The van der Waals surface area contributed by atoms with Gasteiger partial charge < -0.3 is 15.4 Å². The van der Waals surface area contributed by atoms with Crippen molar-refractivity contribution in [2.24, 2.45) is 7.05 Å².